The van der Waals surface area contributed by atoms with Gasteiger partial charge in [0.1, 0.15) is 12.0 Å². The van der Waals surface area contributed by atoms with Crippen molar-refractivity contribution >= 4 is 5.96 Å². The summed E-state index contributed by atoms with van der Waals surface area (Å²) in [6.45, 7) is 8.33. The van der Waals surface area contributed by atoms with Crippen molar-refractivity contribution in [3.8, 4) is 11.5 Å². The van der Waals surface area contributed by atoms with Gasteiger partial charge in [-0.3, -0.25) is 4.90 Å². The van der Waals surface area contributed by atoms with E-state index in [0.29, 0.717) is 12.4 Å². The number of benzene rings is 1. The number of hydrogen-bond acceptors (Lipinski definition) is 5. The highest BCUT2D eigenvalue weighted by Gasteiger charge is 2.39. The third-order valence-electron chi connectivity index (χ3n) is 6.10. The molecule has 30 heavy (non-hydrogen) atoms. The second kappa shape index (κ2) is 10.1. The summed E-state index contributed by atoms with van der Waals surface area (Å²) >= 11 is 0. The summed E-state index contributed by atoms with van der Waals surface area (Å²) in [5.41, 5.74) is 1.97. The van der Waals surface area contributed by atoms with Gasteiger partial charge >= 0.3 is 0 Å². The lowest BCUT2D eigenvalue weighted by Crippen LogP contribution is -2.58. The Morgan fingerprint density at radius 2 is 1.90 bits per heavy atom. The number of aliphatic imine (C=N–C) groups is 1. The van der Waals surface area contributed by atoms with Crippen molar-refractivity contribution in [3.05, 3.63) is 42.3 Å². The zero-order chi connectivity index (χ0) is 20.7. The molecule has 0 saturated carbocycles. The van der Waals surface area contributed by atoms with E-state index in [-0.39, 0.29) is 5.54 Å². The highest BCUT2D eigenvalue weighted by atomic mass is 16.5. The molecule has 162 valence electrons. The van der Waals surface area contributed by atoms with Crippen LogP contribution in [0.5, 0.6) is 0 Å². The van der Waals surface area contributed by atoms with Crippen molar-refractivity contribution in [3.63, 3.8) is 0 Å². The van der Waals surface area contributed by atoms with Crippen molar-refractivity contribution in [2.45, 2.75) is 44.7 Å². The van der Waals surface area contributed by atoms with E-state index in [2.05, 4.69) is 27.4 Å². The quantitative estimate of drug-likeness (QED) is 0.539. The predicted octanol–water partition coefficient (Wildman–Crippen LogP) is 3.04. The van der Waals surface area contributed by atoms with Crippen LogP contribution in [0.4, 0.5) is 0 Å². The number of oxazole rings is 1. The maximum absolute atomic E-state index is 5.66. The number of hydrogen-bond donors (Lipinski definition) is 2. The molecule has 0 atom stereocenters. The number of nitrogens with zero attached hydrogens (tertiary/aromatic N) is 3. The highest BCUT2D eigenvalue weighted by molar-refractivity contribution is 5.79. The molecule has 2 saturated heterocycles. The fourth-order valence-corrected chi connectivity index (χ4v) is 4.39. The van der Waals surface area contributed by atoms with Gasteiger partial charge in [-0.15, -0.1) is 0 Å². The molecule has 0 aliphatic carbocycles. The SMILES string of the molecule is CCNC(=NCc1coc(-c2ccccc2)n1)NCC1(N2CCCC2)CCOCC1. The van der Waals surface area contributed by atoms with Gasteiger partial charge in [-0.2, -0.15) is 0 Å². The van der Waals surface area contributed by atoms with E-state index in [1.54, 1.807) is 6.26 Å². The first-order chi connectivity index (χ1) is 14.8. The van der Waals surface area contributed by atoms with Crippen LogP contribution in [0.3, 0.4) is 0 Å². The molecule has 7 nitrogen and oxygen atoms in total. The summed E-state index contributed by atoms with van der Waals surface area (Å²) in [7, 11) is 0. The van der Waals surface area contributed by atoms with E-state index in [9.17, 15) is 0 Å². The summed E-state index contributed by atoms with van der Waals surface area (Å²) in [4.78, 5) is 12.0. The molecule has 2 aromatic rings. The van der Waals surface area contributed by atoms with Crippen LogP contribution in [-0.2, 0) is 11.3 Å². The predicted molar refractivity (Wildman–Crippen MR) is 118 cm³/mol. The molecule has 1 aromatic carbocycles. The number of guanidine groups is 1. The molecule has 7 heteroatoms. The number of ether oxygens (including phenoxy) is 1. The maximum atomic E-state index is 5.66. The first-order valence-electron chi connectivity index (χ1n) is 11.1. The molecule has 2 N–H and O–H groups in total. The summed E-state index contributed by atoms with van der Waals surface area (Å²) in [6, 6.07) is 9.94. The van der Waals surface area contributed by atoms with Crippen LogP contribution in [0.2, 0.25) is 0 Å². The van der Waals surface area contributed by atoms with Crippen molar-refractivity contribution in [1.82, 2.24) is 20.5 Å². The Bertz CT molecular complexity index is 808. The zero-order valence-corrected chi connectivity index (χ0v) is 17.9. The van der Waals surface area contributed by atoms with Gasteiger partial charge in [-0.25, -0.2) is 9.98 Å². The smallest absolute Gasteiger partial charge is 0.226 e. The molecule has 2 aliphatic heterocycles. The Morgan fingerprint density at radius 3 is 2.63 bits per heavy atom. The second-order valence-corrected chi connectivity index (χ2v) is 8.09. The zero-order valence-electron chi connectivity index (χ0n) is 17.9. The van der Waals surface area contributed by atoms with Crippen LogP contribution in [0.25, 0.3) is 11.5 Å². The fourth-order valence-electron chi connectivity index (χ4n) is 4.39. The molecule has 0 unspecified atom stereocenters. The van der Waals surface area contributed by atoms with Gasteiger partial charge in [0, 0.05) is 37.4 Å². The molecular weight excluding hydrogens is 378 g/mol. The molecule has 0 amide bonds. The highest BCUT2D eigenvalue weighted by Crippen LogP contribution is 2.30. The maximum Gasteiger partial charge on any atom is 0.226 e. The van der Waals surface area contributed by atoms with Crippen LogP contribution < -0.4 is 10.6 Å². The molecule has 2 aliphatic rings. The molecule has 0 bridgehead atoms. The van der Waals surface area contributed by atoms with E-state index >= 15 is 0 Å². The minimum atomic E-state index is 0.166. The third kappa shape index (κ3) is 5.02. The first-order valence-corrected chi connectivity index (χ1v) is 11.1. The monoisotopic (exact) mass is 411 g/mol. The van der Waals surface area contributed by atoms with Crippen LogP contribution in [-0.4, -0.2) is 60.8 Å². The van der Waals surface area contributed by atoms with Crippen molar-refractivity contribution in [2.75, 3.05) is 39.4 Å². The Hall–Kier alpha value is -2.38. The molecule has 2 fully saturated rings. The normalized spacial score (nSPS) is 19.7. The van der Waals surface area contributed by atoms with Crippen molar-refractivity contribution < 1.29 is 9.15 Å². The third-order valence-corrected chi connectivity index (χ3v) is 6.10. The number of aromatic nitrogens is 1. The Kier molecular flexibility index (Phi) is 7.02. The Morgan fingerprint density at radius 1 is 1.13 bits per heavy atom. The lowest BCUT2D eigenvalue weighted by Gasteiger charge is -2.45. The van der Waals surface area contributed by atoms with E-state index in [1.165, 1.54) is 25.9 Å². The fraction of sp³-hybridized carbons (Fsp3) is 0.565. The van der Waals surface area contributed by atoms with Gasteiger partial charge in [-0.05, 0) is 57.8 Å². The Balaban J connectivity index is 1.40. The minimum Gasteiger partial charge on any atom is -0.444 e. The lowest BCUT2D eigenvalue weighted by molar-refractivity contribution is -0.0164. The number of rotatable bonds is 7. The summed E-state index contributed by atoms with van der Waals surface area (Å²) < 4.78 is 11.3. The van der Waals surface area contributed by atoms with Crippen molar-refractivity contribution in [1.29, 1.82) is 0 Å². The largest absolute Gasteiger partial charge is 0.444 e. The van der Waals surface area contributed by atoms with E-state index in [1.807, 2.05) is 30.3 Å². The minimum absolute atomic E-state index is 0.166. The molecule has 4 rings (SSSR count). The molecule has 0 spiro atoms. The average Bonchev–Trinajstić information content (AvgIpc) is 3.50. The molecule has 3 heterocycles. The van der Waals surface area contributed by atoms with Gasteiger partial charge in [0.05, 0.1) is 6.54 Å². The summed E-state index contributed by atoms with van der Waals surface area (Å²) in [5, 5.41) is 6.97. The van der Waals surface area contributed by atoms with E-state index < -0.39 is 0 Å². The molecule has 0 radical (unpaired) electrons. The van der Waals surface area contributed by atoms with Crippen molar-refractivity contribution in [2.24, 2.45) is 4.99 Å². The number of nitrogens with one attached hydrogen (secondary N) is 2. The van der Waals surface area contributed by atoms with Gasteiger partial charge < -0.3 is 19.8 Å². The van der Waals surface area contributed by atoms with Gasteiger partial charge in [-0.1, -0.05) is 18.2 Å². The lowest BCUT2D eigenvalue weighted by atomic mass is 9.88. The van der Waals surface area contributed by atoms with Gasteiger partial charge in [0.25, 0.3) is 0 Å². The Labute approximate surface area is 178 Å². The summed E-state index contributed by atoms with van der Waals surface area (Å²) in [5.74, 6) is 1.46. The van der Waals surface area contributed by atoms with E-state index in [4.69, 9.17) is 14.1 Å². The average molecular weight is 412 g/mol. The van der Waals surface area contributed by atoms with Crippen LogP contribution in [0.15, 0.2) is 46.0 Å². The second-order valence-electron chi connectivity index (χ2n) is 8.09. The van der Waals surface area contributed by atoms with Crippen LogP contribution >= 0.6 is 0 Å². The summed E-state index contributed by atoms with van der Waals surface area (Å²) in [6.07, 6.45) is 6.44. The van der Waals surface area contributed by atoms with Gasteiger partial charge in [0.15, 0.2) is 5.96 Å². The first kappa shape index (κ1) is 20.9. The van der Waals surface area contributed by atoms with E-state index in [0.717, 1.165) is 56.4 Å². The van der Waals surface area contributed by atoms with Crippen LogP contribution in [0, 0.1) is 0 Å². The van der Waals surface area contributed by atoms with Gasteiger partial charge in [0.2, 0.25) is 5.89 Å². The standard InChI is InChI=1S/C23H33N5O2/c1-2-24-22(25-16-20-17-30-21(27-20)19-8-4-3-5-9-19)26-18-23(10-14-29-15-11-23)28-12-6-7-13-28/h3-5,8-9,17H,2,6-7,10-16,18H2,1H3,(H2,24,25,26). The molecule has 1 aromatic heterocycles. The number of likely N-dealkylation sites (tertiary alicyclic amines) is 1. The molecular formula is C23H33N5O2. The van der Waals surface area contributed by atoms with Crippen LogP contribution in [0.1, 0.15) is 38.3 Å². The topological polar surface area (TPSA) is 74.9 Å².